The number of amides is 1. The van der Waals surface area contributed by atoms with Gasteiger partial charge >= 0.3 is 0 Å². The highest BCUT2D eigenvalue weighted by Gasteiger charge is 2.16. The van der Waals surface area contributed by atoms with Gasteiger partial charge in [0.1, 0.15) is 10.7 Å². The van der Waals surface area contributed by atoms with Crippen molar-refractivity contribution in [3.63, 3.8) is 0 Å². The van der Waals surface area contributed by atoms with Gasteiger partial charge in [-0.15, -0.1) is 0 Å². The minimum atomic E-state index is -2.53. The van der Waals surface area contributed by atoms with Gasteiger partial charge in [0.25, 0.3) is 5.91 Å². The van der Waals surface area contributed by atoms with E-state index in [1.54, 1.807) is 6.07 Å². The third kappa shape index (κ3) is 3.01. The van der Waals surface area contributed by atoms with Crippen molar-refractivity contribution < 1.29 is 17.9 Å². The van der Waals surface area contributed by atoms with Crippen LogP contribution in [0.5, 0.6) is 0 Å². The zero-order valence-electron chi connectivity index (χ0n) is 9.54. The molecular formula is C12H9FN2O3S. The van der Waals surface area contributed by atoms with E-state index in [-0.39, 0.29) is 11.3 Å². The largest absolute Gasteiger partial charge is 0.321 e. The van der Waals surface area contributed by atoms with Crippen molar-refractivity contribution >= 4 is 22.7 Å². The van der Waals surface area contributed by atoms with Crippen molar-refractivity contribution in [3.05, 3.63) is 54.1 Å². The number of carbonyl (C=O) groups is 1. The molecule has 0 bridgehead atoms. The minimum absolute atomic E-state index is 0.0466. The second-order valence-electron chi connectivity index (χ2n) is 3.56. The Bertz CT molecular complexity index is 634. The fraction of sp³-hybridized carbons (Fsp3) is 0. The standard InChI is InChI=1S/C12H9FN2O3S/c13-9-4-1-5-10(11(9)19(17)18)15-12(16)8-3-2-6-14-7-8/h1-7H,(H,15,16)(H,17,18). The molecule has 0 fully saturated rings. The van der Waals surface area contributed by atoms with Gasteiger partial charge in [-0.3, -0.25) is 9.78 Å². The first-order valence-electron chi connectivity index (χ1n) is 5.20. The van der Waals surface area contributed by atoms with Gasteiger partial charge in [-0.05, 0) is 24.3 Å². The highest BCUT2D eigenvalue weighted by molar-refractivity contribution is 7.79. The Morgan fingerprint density at radius 1 is 1.32 bits per heavy atom. The zero-order valence-corrected chi connectivity index (χ0v) is 10.4. The van der Waals surface area contributed by atoms with Crippen LogP contribution in [0.15, 0.2) is 47.6 Å². The Morgan fingerprint density at radius 2 is 2.11 bits per heavy atom. The summed E-state index contributed by atoms with van der Waals surface area (Å²) in [4.78, 5) is 15.2. The fourth-order valence-electron chi connectivity index (χ4n) is 1.48. The number of hydrogen-bond acceptors (Lipinski definition) is 3. The number of benzene rings is 1. The van der Waals surface area contributed by atoms with Crippen LogP contribution in [0.3, 0.4) is 0 Å². The van der Waals surface area contributed by atoms with Crippen LogP contribution in [0.2, 0.25) is 0 Å². The summed E-state index contributed by atoms with van der Waals surface area (Å²) >= 11 is -2.53. The molecule has 0 aliphatic rings. The van der Waals surface area contributed by atoms with Gasteiger partial charge in [-0.25, -0.2) is 8.60 Å². The zero-order chi connectivity index (χ0) is 13.8. The third-order valence-electron chi connectivity index (χ3n) is 2.31. The van der Waals surface area contributed by atoms with E-state index in [1.165, 1.54) is 30.6 Å². The first kappa shape index (κ1) is 13.3. The highest BCUT2D eigenvalue weighted by Crippen LogP contribution is 2.22. The van der Waals surface area contributed by atoms with Crippen LogP contribution in [-0.2, 0) is 11.1 Å². The molecular weight excluding hydrogens is 271 g/mol. The predicted molar refractivity (Wildman–Crippen MR) is 67.6 cm³/mol. The summed E-state index contributed by atoms with van der Waals surface area (Å²) < 4.78 is 33.5. The van der Waals surface area contributed by atoms with Gasteiger partial charge in [0.15, 0.2) is 11.1 Å². The summed E-state index contributed by atoms with van der Waals surface area (Å²) in [5, 5.41) is 2.38. The van der Waals surface area contributed by atoms with Crippen LogP contribution in [-0.4, -0.2) is 19.7 Å². The van der Waals surface area contributed by atoms with Gasteiger partial charge in [0.2, 0.25) is 0 Å². The second kappa shape index (κ2) is 5.68. The van der Waals surface area contributed by atoms with Crippen LogP contribution >= 0.6 is 0 Å². The molecule has 1 aromatic heterocycles. The number of nitrogens with zero attached hydrogens (tertiary/aromatic N) is 1. The van der Waals surface area contributed by atoms with Crippen LogP contribution in [0.25, 0.3) is 0 Å². The van der Waals surface area contributed by atoms with Crippen LogP contribution in [0, 0.1) is 5.82 Å². The number of nitrogens with one attached hydrogen (secondary N) is 1. The quantitative estimate of drug-likeness (QED) is 0.843. The molecule has 19 heavy (non-hydrogen) atoms. The first-order valence-corrected chi connectivity index (χ1v) is 6.31. The Kier molecular flexibility index (Phi) is 3.98. The SMILES string of the molecule is O=C(Nc1cccc(F)c1S(=O)O)c1cccnc1. The van der Waals surface area contributed by atoms with Crippen molar-refractivity contribution in [2.75, 3.05) is 5.32 Å². The van der Waals surface area contributed by atoms with Gasteiger partial charge in [0, 0.05) is 12.4 Å². The smallest absolute Gasteiger partial charge is 0.257 e. The molecule has 2 rings (SSSR count). The molecule has 0 aliphatic carbocycles. The lowest BCUT2D eigenvalue weighted by Gasteiger charge is -2.09. The van der Waals surface area contributed by atoms with Gasteiger partial charge in [-0.1, -0.05) is 6.07 Å². The van der Waals surface area contributed by atoms with E-state index in [2.05, 4.69) is 10.3 Å². The second-order valence-corrected chi connectivity index (χ2v) is 4.47. The molecule has 0 aliphatic heterocycles. The van der Waals surface area contributed by atoms with E-state index < -0.39 is 27.7 Å². The first-order chi connectivity index (χ1) is 9.09. The highest BCUT2D eigenvalue weighted by atomic mass is 32.2. The molecule has 2 aromatic rings. The van der Waals surface area contributed by atoms with Crippen molar-refractivity contribution in [1.82, 2.24) is 4.98 Å². The summed E-state index contributed by atoms with van der Waals surface area (Å²) in [6.07, 6.45) is 2.84. The van der Waals surface area contributed by atoms with Crippen LogP contribution in [0.4, 0.5) is 10.1 Å². The maximum absolute atomic E-state index is 13.4. The summed E-state index contributed by atoms with van der Waals surface area (Å²) in [6, 6.07) is 6.83. The molecule has 1 atom stereocenters. The molecule has 1 amide bonds. The maximum atomic E-state index is 13.4. The van der Waals surface area contributed by atoms with Gasteiger partial charge < -0.3 is 9.87 Å². The van der Waals surface area contributed by atoms with E-state index in [9.17, 15) is 13.4 Å². The Labute approximate surface area is 110 Å². The molecule has 1 unspecified atom stereocenters. The number of hydrogen-bond donors (Lipinski definition) is 2. The molecule has 1 aromatic carbocycles. The Balaban J connectivity index is 2.32. The number of pyridine rings is 1. The molecule has 0 spiro atoms. The maximum Gasteiger partial charge on any atom is 0.257 e. The normalized spacial score (nSPS) is 11.9. The molecule has 2 N–H and O–H groups in total. The van der Waals surface area contributed by atoms with E-state index in [0.29, 0.717) is 0 Å². The summed E-state index contributed by atoms with van der Waals surface area (Å²) in [5.41, 5.74) is 0.219. The summed E-state index contributed by atoms with van der Waals surface area (Å²) in [5.74, 6) is -1.39. The summed E-state index contributed by atoms with van der Waals surface area (Å²) in [6.45, 7) is 0. The van der Waals surface area contributed by atoms with E-state index in [4.69, 9.17) is 4.55 Å². The minimum Gasteiger partial charge on any atom is -0.321 e. The molecule has 1 heterocycles. The van der Waals surface area contributed by atoms with Crippen molar-refractivity contribution in [2.24, 2.45) is 0 Å². The molecule has 98 valence electrons. The van der Waals surface area contributed by atoms with Crippen molar-refractivity contribution in [2.45, 2.75) is 4.90 Å². The fourth-order valence-corrected chi connectivity index (χ4v) is 2.02. The third-order valence-corrected chi connectivity index (χ3v) is 3.08. The van der Waals surface area contributed by atoms with Crippen LogP contribution in [0.1, 0.15) is 10.4 Å². The molecule has 0 saturated heterocycles. The predicted octanol–water partition coefficient (Wildman–Crippen LogP) is 2.05. The van der Waals surface area contributed by atoms with Crippen LogP contribution < -0.4 is 5.32 Å². The summed E-state index contributed by atoms with van der Waals surface area (Å²) in [7, 11) is 0. The van der Waals surface area contributed by atoms with Crippen molar-refractivity contribution in [1.29, 1.82) is 0 Å². The molecule has 0 radical (unpaired) electrons. The molecule has 5 nitrogen and oxygen atoms in total. The average Bonchev–Trinajstić information content (AvgIpc) is 2.39. The van der Waals surface area contributed by atoms with Crippen molar-refractivity contribution in [3.8, 4) is 0 Å². The molecule has 0 saturated carbocycles. The van der Waals surface area contributed by atoms with E-state index in [1.807, 2.05) is 0 Å². The Hall–Kier alpha value is -2.12. The Morgan fingerprint density at radius 3 is 2.74 bits per heavy atom. The monoisotopic (exact) mass is 280 g/mol. The number of anilines is 1. The van der Waals surface area contributed by atoms with E-state index >= 15 is 0 Å². The lowest BCUT2D eigenvalue weighted by molar-refractivity contribution is 0.102. The lowest BCUT2D eigenvalue weighted by atomic mass is 10.2. The average molecular weight is 280 g/mol. The van der Waals surface area contributed by atoms with E-state index in [0.717, 1.165) is 6.07 Å². The number of aromatic nitrogens is 1. The lowest BCUT2D eigenvalue weighted by Crippen LogP contribution is -2.14. The number of carbonyl (C=O) groups excluding carboxylic acids is 1. The van der Waals surface area contributed by atoms with Gasteiger partial charge in [-0.2, -0.15) is 0 Å². The molecule has 7 heteroatoms. The number of rotatable bonds is 3. The topological polar surface area (TPSA) is 79.3 Å². The number of halogens is 1. The van der Waals surface area contributed by atoms with Gasteiger partial charge in [0.05, 0.1) is 11.3 Å².